The van der Waals surface area contributed by atoms with Crippen LogP contribution in [0.1, 0.15) is 22.3 Å². The molecule has 0 saturated carbocycles. The van der Waals surface area contributed by atoms with Gasteiger partial charge in [-0.3, -0.25) is 0 Å². The van der Waals surface area contributed by atoms with Gasteiger partial charge in [0.05, 0.1) is 0 Å². The lowest BCUT2D eigenvalue weighted by atomic mass is 9.97. The van der Waals surface area contributed by atoms with E-state index in [2.05, 4.69) is 48.6 Å². The fourth-order valence-electron chi connectivity index (χ4n) is 3.64. The van der Waals surface area contributed by atoms with E-state index in [9.17, 15) is 10.2 Å². The number of phenolic OH excluding ortho intramolecular Hbond substituents is 2. The molecular weight excluding hydrogens is 392 g/mol. The van der Waals surface area contributed by atoms with Gasteiger partial charge < -0.3 is 10.2 Å². The van der Waals surface area contributed by atoms with Crippen LogP contribution in [-0.2, 0) is 12.8 Å². The van der Waals surface area contributed by atoms with Crippen molar-refractivity contribution < 1.29 is 10.2 Å². The van der Waals surface area contributed by atoms with E-state index >= 15 is 0 Å². The number of rotatable bonds is 7. The lowest BCUT2D eigenvalue weighted by Crippen LogP contribution is -1.88. The van der Waals surface area contributed by atoms with Gasteiger partial charge in [0.15, 0.2) is 0 Å². The van der Waals surface area contributed by atoms with Gasteiger partial charge in [0.1, 0.15) is 11.5 Å². The Morgan fingerprint density at radius 3 is 1.31 bits per heavy atom. The molecule has 2 heteroatoms. The Bertz CT molecular complexity index is 1120. The summed E-state index contributed by atoms with van der Waals surface area (Å²) in [5.74, 6) is 0.320. The van der Waals surface area contributed by atoms with Crippen molar-refractivity contribution in [1.29, 1.82) is 0 Å². The van der Waals surface area contributed by atoms with E-state index < -0.39 is 0 Å². The largest absolute Gasteiger partial charge is 0.507 e. The molecule has 0 atom stereocenters. The molecule has 0 aliphatic rings. The van der Waals surface area contributed by atoms with Gasteiger partial charge in [0.2, 0.25) is 0 Å². The Morgan fingerprint density at radius 1 is 0.500 bits per heavy atom. The van der Waals surface area contributed by atoms with Gasteiger partial charge in [-0.1, -0.05) is 97.1 Å². The van der Waals surface area contributed by atoms with E-state index in [4.69, 9.17) is 0 Å². The van der Waals surface area contributed by atoms with Crippen LogP contribution in [0.2, 0.25) is 0 Å². The zero-order chi connectivity index (χ0) is 22.2. The van der Waals surface area contributed by atoms with E-state index in [0.717, 1.165) is 35.1 Å². The summed E-state index contributed by atoms with van der Waals surface area (Å²) >= 11 is 0. The predicted molar refractivity (Wildman–Crippen MR) is 134 cm³/mol. The highest BCUT2D eigenvalue weighted by Crippen LogP contribution is 2.37. The molecule has 0 spiro atoms. The SMILES string of the molecule is Oc1ccc(C/C=C/c2ccccc2)cc1-c1cc(C/C=C/c2ccccc2)ccc1O. The summed E-state index contributed by atoms with van der Waals surface area (Å²) in [7, 11) is 0. The number of aromatic hydroxyl groups is 2. The van der Waals surface area contributed by atoms with Crippen molar-refractivity contribution in [3.63, 3.8) is 0 Å². The Kier molecular flexibility index (Phi) is 6.84. The van der Waals surface area contributed by atoms with Crippen molar-refractivity contribution in [3.05, 3.63) is 131 Å². The Balaban J connectivity index is 1.53. The zero-order valence-corrected chi connectivity index (χ0v) is 17.9. The summed E-state index contributed by atoms with van der Waals surface area (Å²) < 4.78 is 0. The highest BCUT2D eigenvalue weighted by Gasteiger charge is 2.11. The van der Waals surface area contributed by atoms with Crippen molar-refractivity contribution in [2.75, 3.05) is 0 Å². The highest BCUT2D eigenvalue weighted by molar-refractivity contribution is 5.76. The standard InChI is InChI=1S/C30H26O2/c31-29-19-17-25(15-7-13-23-9-3-1-4-10-23)21-27(29)28-22-26(18-20-30(28)32)16-8-14-24-11-5-2-6-12-24/h1-14,17-22,31-32H,15-16H2/b13-7+,14-8+. The first kappa shape index (κ1) is 21.2. The molecule has 2 N–H and O–H groups in total. The molecule has 4 aromatic carbocycles. The normalized spacial score (nSPS) is 11.4. The topological polar surface area (TPSA) is 40.5 Å². The van der Waals surface area contributed by atoms with Gasteiger partial charge in [0, 0.05) is 11.1 Å². The third kappa shape index (κ3) is 5.55. The number of phenols is 2. The quantitative estimate of drug-likeness (QED) is 0.331. The molecule has 0 aliphatic carbocycles. The fraction of sp³-hybridized carbons (Fsp3) is 0.0667. The van der Waals surface area contributed by atoms with Gasteiger partial charge in [-0.2, -0.15) is 0 Å². The first-order valence-electron chi connectivity index (χ1n) is 10.8. The fourth-order valence-corrected chi connectivity index (χ4v) is 3.64. The summed E-state index contributed by atoms with van der Waals surface area (Å²) in [4.78, 5) is 0. The molecule has 0 bridgehead atoms. The average molecular weight is 419 g/mol. The summed E-state index contributed by atoms with van der Waals surface area (Å²) in [6.07, 6.45) is 9.87. The Hall–Kier alpha value is -4.04. The van der Waals surface area contributed by atoms with Crippen LogP contribution in [0.25, 0.3) is 23.3 Å². The number of allylic oxidation sites excluding steroid dienone is 2. The minimum atomic E-state index is 0.160. The van der Waals surface area contributed by atoms with Crippen LogP contribution in [0, 0.1) is 0 Å². The van der Waals surface area contributed by atoms with Crippen molar-refractivity contribution >= 4 is 12.2 Å². The summed E-state index contributed by atoms with van der Waals surface area (Å²) in [6.45, 7) is 0. The lowest BCUT2D eigenvalue weighted by Gasteiger charge is -2.11. The van der Waals surface area contributed by atoms with Crippen LogP contribution in [0.4, 0.5) is 0 Å². The molecule has 4 rings (SSSR count). The van der Waals surface area contributed by atoms with Crippen LogP contribution < -0.4 is 0 Å². The molecule has 0 unspecified atom stereocenters. The maximum atomic E-state index is 10.5. The number of benzene rings is 4. The number of hydrogen-bond acceptors (Lipinski definition) is 2. The average Bonchev–Trinajstić information content (AvgIpc) is 2.83. The van der Waals surface area contributed by atoms with Crippen molar-refractivity contribution in [2.45, 2.75) is 12.8 Å². The maximum Gasteiger partial charge on any atom is 0.123 e. The second kappa shape index (κ2) is 10.3. The molecule has 4 aromatic rings. The van der Waals surface area contributed by atoms with E-state index in [1.165, 1.54) is 0 Å². The van der Waals surface area contributed by atoms with Gasteiger partial charge in [-0.25, -0.2) is 0 Å². The summed E-state index contributed by atoms with van der Waals surface area (Å²) in [6, 6.07) is 31.4. The molecule has 0 aromatic heterocycles. The minimum Gasteiger partial charge on any atom is -0.507 e. The van der Waals surface area contributed by atoms with E-state index in [1.54, 1.807) is 12.1 Å². The molecule has 0 radical (unpaired) electrons. The molecule has 0 saturated heterocycles. The summed E-state index contributed by atoms with van der Waals surface area (Å²) in [5.41, 5.74) is 5.72. The first-order chi connectivity index (χ1) is 15.7. The van der Waals surface area contributed by atoms with Crippen LogP contribution in [0.3, 0.4) is 0 Å². The molecule has 0 aliphatic heterocycles. The van der Waals surface area contributed by atoms with Gasteiger partial charge in [-0.15, -0.1) is 0 Å². The third-order valence-corrected chi connectivity index (χ3v) is 5.34. The monoisotopic (exact) mass is 418 g/mol. The van der Waals surface area contributed by atoms with Crippen LogP contribution in [-0.4, -0.2) is 10.2 Å². The molecule has 2 nitrogen and oxygen atoms in total. The lowest BCUT2D eigenvalue weighted by molar-refractivity contribution is 0.469. The van der Waals surface area contributed by atoms with Gasteiger partial charge in [0.25, 0.3) is 0 Å². The van der Waals surface area contributed by atoms with Gasteiger partial charge >= 0.3 is 0 Å². The molecular formula is C30H26O2. The Labute approximate surface area is 189 Å². The van der Waals surface area contributed by atoms with Gasteiger partial charge in [-0.05, 0) is 59.4 Å². The van der Waals surface area contributed by atoms with E-state index in [1.807, 2.05) is 60.7 Å². The predicted octanol–water partition coefficient (Wildman–Crippen LogP) is 7.28. The molecule has 0 amide bonds. The molecule has 32 heavy (non-hydrogen) atoms. The van der Waals surface area contributed by atoms with E-state index in [-0.39, 0.29) is 11.5 Å². The molecule has 0 heterocycles. The van der Waals surface area contributed by atoms with Crippen molar-refractivity contribution in [3.8, 4) is 22.6 Å². The van der Waals surface area contributed by atoms with Crippen molar-refractivity contribution in [2.24, 2.45) is 0 Å². The summed E-state index contributed by atoms with van der Waals surface area (Å²) in [5, 5.41) is 21.0. The van der Waals surface area contributed by atoms with Crippen molar-refractivity contribution in [1.82, 2.24) is 0 Å². The highest BCUT2D eigenvalue weighted by atomic mass is 16.3. The van der Waals surface area contributed by atoms with Crippen LogP contribution >= 0.6 is 0 Å². The van der Waals surface area contributed by atoms with Crippen LogP contribution in [0.15, 0.2) is 109 Å². The van der Waals surface area contributed by atoms with E-state index in [0.29, 0.717) is 11.1 Å². The number of hydrogen-bond donors (Lipinski definition) is 2. The second-order valence-electron chi connectivity index (χ2n) is 7.74. The Morgan fingerprint density at radius 2 is 0.906 bits per heavy atom. The third-order valence-electron chi connectivity index (χ3n) is 5.34. The molecule has 0 fully saturated rings. The molecule has 158 valence electrons. The minimum absolute atomic E-state index is 0.160. The second-order valence-corrected chi connectivity index (χ2v) is 7.74. The first-order valence-corrected chi connectivity index (χ1v) is 10.8. The maximum absolute atomic E-state index is 10.5. The van der Waals surface area contributed by atoms with Crippen LogP contribution in [0.5, 0.6) is 11.5 Å². The zero-order valence-electron chi connectivity index (χ0n) is 17.9. The smallest absolute Gasteiger partial charge is 0.123 e.